The molecule has 2 aromatic heterocycles. The molecule has 0 bridgehead atoms. The summed E-state index contributed by atoms with van der Waals surface area (Å²) in [5.74, 6) is 0. The molecule has 0 amide bonds. The van der Waals surface area contributed by atoms with Gasteiger partial charge in [-0.3, -0.25) is 0 Å². The summed E-state index contributed by atoms with van der Waals surface area (Å²) >= 11 is 0. The fourth-order valence-corrected chi connectivity index (χ4v) is 7.89. The van der Waals surface area contributed by atoms with E-state index in [1.54, 1.807) is 0 Å². The van der Waals surface area contributed by atoms with E-state index in [9.17, 15) is 0 Å². The predicted octanol–water partition coefficient (Wildman–Crippen LogP) is 12.1. The summed E-state index contributed by atoms with van der Waals surface area (Å²) in [5.41, 5.74) is 10.0. The van der Waals surface area contributed by atoms with E-state index in [1.165, 1.54) is 87.7 Å². The molecule has 46 heavy (non-hydrogen) atoms. The van der Waals surface area contributed by atoms with E-state index in [0.717, 1.165) is 12.8 Å². The van der Waals surface area contributed by atoms with Gasteiger partial charge in [-0.05, 0) is 100 Å². The van der Waals surface area contributed by atoms with Crippen molar-refractivity contribution < 1.29 is 0 Å². The number of hydrogen-bond acceptors (Lipinski definition) is 0. The first-order chi connectivity index (χ1) is 22.8. The minimum atomic E-state index is 1.05. The van der Waals surface area contributed by atoms with Gasteiger partial charge in [-0.2, -0.15) is 0 Å². The van der Waals surface area contributed by atoms with Crippen LogP contribution in [0.3, 0.4) is 0 Å². The smallest absolute Gasteiger partial charge is 0.0547 e. The molecule has 0 unspecified atom stereocenters. The van der Waals surface area contributed by atoms with Crippen LogP contribution in [0, 0.1) is 0 Å². The van der Waals surface area contributed by atoms with Crippen molar-refractivity contribution in [2.24, 2.45) is 0 Å². The molecule has 0 radical (unpaired) electrons. The molecule has 0 spiro atoms. The molecular formula is C44H30N2. The number of benzene rings is 7. The minimum absolute atomic E-state index is 1.05. The molecule has 0 aliphatic heterocycles. The van der Waals surface area contributed by atoms with Crippen LogP contribution in [-0.2, 0) is 0 Å². The van der Waals surface area contributed by atoms with Gasteiger partial charge in [0.1, 0.15) is 0 Å². The molecular weight excluding hydrogens is 556 g/mol. The van der Waals surface area contributed by atoms with Crippen LogP contribution in [0.2, 0.25) is 0 Å². The molecule has 9 aromatic rings. The molecule has 2 nitrogen and oxygen atoms in total. The second kappa shape index (κ2) is 9.82. The maximum atomic E-state index is 2.49. The van der Waals surface area contributed by atoms with Gasteiger partial charge in [0.15, 0.2) is 0 Å². The van der Waals surface area contributed by atoms with Gasteiger partial charge in [-0.1, -0.05) is 103 Å². The Kier molecular flexibility index (Phi) is 5.44. The average Bonchev–Trinajstić information content (AvgIpc) is 3.65. The normalized spacial score (nSPS) is 13.5. The zero-order chi connectivity index (χ0) is 30.2. The second-order valence-electron chi connectivity index (χ2n) is 12.5. The molecule has 1 aliphatic carbocycles. The SMILES string of the molecule is C1=CCCC(n2c3ccc(-c4ccc5c(ccc6c5c5ccccc5n6-c5ccccc5)c4)cc3c3c4ccccc4ccc32)=C1. The zero-order valence-corrected chi connectivity index (χ0v) is 25.3. The zero-order valence-electron chi connectivity index (χ0n) is 25.3. The highest BCUT2D eigenvalue weighted by molar-refractivity contribution is 6.23. The molecule has 1 aliphatic rings. The van der Waals surface area contributed by atoms with E-state index in [0.29, 0.717) is 0 Å². The topological polar surface area (TPSA) is 9.86 Å². The van der Waals surface area contributed by atoms with Crippen molar-refractivity contribution in [1.82, 2.24) is 9.13 Å². The molecule has 2 heteroatoms. The molecule has 2 heterocycles. The third-order valence-electron chi connectivity index (χ3n) is 9.93. The van der Waals surface area contributed by atoms with Crippen LogP contribution >= 0.6 is 0 Å². The monoisotopic (exact) mass is 586 g/mol. The fraction of sp³-hybridized carbons (Fsp3) is 0.0455. The highest BCUT2D eigenvalue weighted by atomic mass is 15.0. The number of aromatic nitrogens is 2. The van der Waals surface area contributed by atoms with Gasteiger partial charge < -0.3 is 9.13 Å². The van der Waals surface area contributed by atoms with Crippen LogP contribution in [0.1, 0.15) is 12.8 Å². The number of fused-ring (bicyclic) bond motifs is 10. The highest BCUT2D eigenvalue weighted by Crippen LogP contribution is 2.41. The molecule has 0 saturated heterocycles. The Morgan fingerprint density at radius 1 is 0.435 bits per heavy atom. The van der Waals surface area contributed by atoms with Gasteiger partial charge in [0.05, 0.1) is 22.1 Å². The largest absolute Gasteiger partial charge is 0.313 e. The van der Waals surface area contributed by atoms with Crippen molar-refractivity contribution >= 4 is 70.9 Å². The van der Waals surface area contributed by atoms with Crippen LogP contribution in [0.15, 0.2) is 158 Å². The van der Waals surface area contributed by atoms with Gasteiger partial charge >= 0.3 is 0 Å². The van der Waals surface area contributed by atoms with E-state index >= 15 is 0 Å². The summed E-state index contributed by atoms with van der Waals surface area (Å²) in [6.45, 7) is 0. The van der Waals surface area contributed by atoms with Crippen molar-refractivity contribution in [3.05, 3.63) is 158 Å². The third-order valence-corrected chi connectivity index (χ3v) is 9.93. The maximum Gasteiger partial charge on any atom is 0.0547 e. The Bertz CT molecular complexity index is 2730. The number of nitrogens with zero attached hydrogens (tertiary/aromatic N) is 2. The van der Waals surface area contributed by atoms with Crippen LogP contribution in [0.4, 0.5) is 0 Å². The number of rotatable bonds is 3. The van der Waals surface area contributed by atoms with Gasteiger partial charge in [-0.25, -0.2) is 0 Å². The number of hydrogen-bond donors (Lipinski definition) is 0. The van der Waals surface area contributed by atoms with Crippen molar-refractivity contribution in [3.8, 4) is 16.8 Å². The van der Waals surface area contributed by atoms with Crippen LogP contribution in [0.25, 0.3) is 87.7 Å². The Morgan fingerprint density at radius 3 is 1.96 bits per heavy atom. The van der Waals surface area contributed by atoms with Crippen LogP contribution < -0.4 is 0 Å². The molecule has 0 saturated carbocycles. The lowest BCUT2D eigenvalue weighted by atomic mass is 9.96. The summed E-state index contributed by atoms with van der Waals surface area (Å²) in [6, 6.07) is 51.5. The average molecular weight is 587 g/mol. The predicted molar refractivity (Wildman–Crippen MR) is 197 cm³/mol. The first-order valence-electron chi connectivity index (χ1n) is 16.2. The number of allylic oxidation sites excluding steroid dienone is 4. The standard InChI is InChI=1S/C44H30N2/c1-3-12-33(13-4-1)45-39-18-10-9-17-37(39)43-36-23-19-30(27-32(36)22-26-41(43)45)31-21-24-40-38(28-31)44-35-16-8-7-11-29(35)20-25-42(44)46(40)34-14-5-2-6-15-34/h1-5,7-14,16-28H,6,15H2. The summed E-state index contributed by atoms with van der Waals surface area (Å²) < 4.78 is 4.88. The Balaban J connectivity index is 1.20. The first-order valence-corrected chi connectivity index (χ1v) is 16.2. The molecule has 0 N–H and O–H groups in total. The molecule has 0 atom stereocenters. The van der Waals surface area contributed by atoms with Crippen LogP contribution in [-0.4, -0.2) is 9.13 Å². The third kappa shape index (κ3) is 3.64. The van der Waals surface area contributed by atoms with E-state index in [4.69, 9.17) is 0 Å². The summed E-state index contributed by atoms with van der Waals surface area (Å²) in [6.07, 6.45) is 8.87. The minimum Gasteiger partial charge on any atom is -0.313 e. The van der Waals surface area contributed by atoms with Gasteiger partial charge in [0.25, 0.3) is 0 Å². The summed E-state index contributed by atoms with van der Waals surface area (Å²) in [4.78, 5) is 0. The number of para-hydroxylation sites is 2. The summed E-state index contributed by atoms with van der Waals surface area (Å²) in [5, 5.41) is 10.4. The van der Waals surface area contributed by atoms with E-state index in [2.05, 4.69) is 167 Å². The van der Waals surface area contributed by atoms with Crippen molar-refractivity contribution in [1.29, 1.82) is 0 Å². The Labute approximate surface area is 266 Å². The molecule has 7 aromatic carbocycles. The van der Waals surface area contributed by atoms with E-state index < -0.39 is 0 Å². The molecule has 10 rings (SSSR count). The van der Waals surface area contributed by atoms with Crippen molar-refractivity contribution in [3.63, 3.8) is 0 Å². The van der Waals surface area contributed by atoms with Gasteiger partial charge in [-0.15, -0.1) is 0 Å². The first kappa shape index (κ1) is 25.5. The molecule has 216 valence electrons. The Morgan fingerprint density at radius 2 is 1.09 bits per heavy atom. The molecule has 0 fully saturated rings. The lowest BCUT2D eigenvalue weighted by Crippen LogP contribution is -1.98. The van der Waals surface area contributed by atoms with E-state index in [-0.39, 0.29) is 0 Å². The quantitative estimate of drug-likeness (QED) is 0.195. The second-order valence-corrected chi connectivity index (χ2v) is 12.5. The maximum absolute atomic E-state index is 2.49. The van der Waals surface area contributed by atoms with Crippen molar-refractivity contribution in [2.75, 3.05) is 0 Å². The van der Waals surface area contributed by atoms with Gasteiger partial charge in [0.2, 0.25) is 0 Å². The Hall–Kier alpha value is -5.86. The lowest BCUT2D eigenvalue weighted by Gasteiger charge is -2.14. The van der Waals surface area contributed by atoms with Crippen LogP contribution in [0.5, 0.6) is 0 Å². The van der Waals surface area contributed by atoms with Gasteiger partial charge in [0, 0.05) is 32.9 Å². The van der Waals surface area contributed by atoms with E-state index in [1.807, 2.05) is 0 Å². The lowest BCUT2D eigenvalue weighted by molar-refractivity contribution is 0.979. The van der Waals surface area contributed by atoms with Crippen molar-refractivity contribution in [2.45, 2.75) is 12.8 Å². The highest BCUT2D eigenvalue weighted by Gasteiger charge is 2.18. The summed E-state index contributed by atoms with van der Waals surface area (Å²) in [7, 11) is 0. The fourth-order valence-electron chi connectivity index (χ4n) is 7.89.